The zero-order valence-electron chi connectivity index (χ0n) is 19.1. The molecule has 2 heteroatoms. The van der Waals surface area contributed by atoms with E-state index >= 15 is 0 Å². The van der Waals surface area contributed by atoms with Gasteiger partial charge in [0.05, 0.1) is 32.7 Å². The predicted octanol–water partition coefficient (Wildman–Crippen LogP) is 6.14. The largest absolute Gasteiger partial charge is 0.325 e. The van der Waals surface area contributed by atoms with Crippen LogP contribution >= 0.6 is 0 Å². The Hall–Kier alpha value is -0.0800. The smallest absolute Gasteiger partial charge is 0.0944 e. The van der Waals surface area contributed by atoms with Gasteiger partial charge in [-0.25, -0.2) is 0 Å². The molecule has 0 aromatic carbocycles. The number of nitrogens with two attached hydrogens (primary N) is 1. The number of quaternary nitrogens is 1. The summed E-state index contributed by atoms with van der Waals surface area (Å²) in [7, 11) is 2.44. The van der Waals surface area contributed by atoms with Crippen LogP contribution in [-0.4, -0.2) is 37.2 Å². The van der Waals surface area contributed by atoms with Gasteiger partial charge in [0, 0.05) is 6.42 Å². The van der Waals surface area contributed by atoms with Gasteiger partial charge in [-0.1, -0.05) is 52.4 Å². The highest BCUT2D eigenvalue weighted by atomic mass is 15.3. The molecule has 0 aromatic rings. The summed E-state index contributed by atoms with van der Waals surface area (Å²) in [5.41, 5.74) is 8.19. The first-order valence-electron chi connectivity index (χ1n) is 12.5. The van der Waals surface area contributed by atoms with Crippen LogP contribution in [0.1, 0.15) is 104 Å². The zero-order valence-corrected chi connectivity index (χ0v) is 19.1. The van der Waals surface area contributed by atoms with Crippen LogP contribution in [0.4, 0.5) is 0 Å². The maximum Gasteiger partial charge on any atom is 0.0944 e. The van der Waals surface area contributed by atoms with Crippen LogP contribution in [0.15, 0.2) is 0 Å². The molecule has 2 aliphatic carbocycles. The van der Waals surface area contributed by atoms with Gasteiger partial charge in [0.25, 0.3) is 0 Å². The molecule has 2 saturated carbocycles. The molecule has 1 aliphatic heterocycles. The Kier molecular flexibility index (Phi) is 7.00. The lowest BCUT2D eigenvalue weighted by molar-refractivity contribution is -0.916. The molecule has 0 amide bonds. The summed E-state index contributed by atoms with van der Waals surface area (Å²) in [6.07, 6.45) is 18.9. The number of likely N-dealkylation sites (N-methyl/N-ethyl adjacent to an activating group) is 1. The molecule has 2 N–H and O–H groups in total. The van der Waals surface area contributed by atoms with Crippen molar-refractivity contribution in [2.45, 2.75) is 110 Å². The first-order valence-corrected chi connectivity index (χ1v) is 12.5. The first-order chi connectivity index (χ1) is 12.9. The monoisotopic (exact) mass is 377 g/mol. The molecule has 3 aliphatic rings. The molecule has 2 nitrogen and oxygen atoms in total. The average molecular weight is 378 g/mol. The van der Waals surface area contributed by atoms with Crippen LogP contribution in [0.2, 0.25) is 0 Å². The molecule has 27 heavy (non-hydrogen) atoms. The summed E-state index contributed by atoms with van der Waals surface area (Å²) in [6.45, 7) is 11.2. The maximum absolute atomic E-state index is 7.09. The van der Waals surface area contributed by atoms with Crippen molar-refractivity contribution in [3.63, 3.8) is 0 Å². The van der Waals surface area contributed by atoms with Crippen molar-refractivity contribution in [2.24, 2.45) is 28.4 Å². The van der Waals surface area contributed by atoms with Gasteiger partial charge in [-0.05, 0) is 68.1 Å². The second kappa shape index (κ2) is 8.74. The Morgan fingerprint density at radius 1 is 0.963 bits per heavy atom. The lowest BCUT2D eigenvalue weighted by Crippen LogP contribution is -2.65. The number of likely N-dealkylation sites (tertiary alicyclic amines) is 1. The Labute approximate surface area is 170 Å². The van der Waals surface area contributed by atoms with Gasteiger partial charge in [0.2, 0.25) is 0 Å². The molecule has 0 radical (unpaired) electrons. The van der Waals surface area contributed by atoms with Crippen LogP contribution in [0.5, 0.6) is 0 Å². The van der Waals surface area contributed by atoms with Gasteiger partial charge in [-0.15, -0.1) is 0 Å². The average Bonchev–Trinajstić information content (AvgIpc) is 2.64. The van der Waals surface area contributed by atoms with Gasteiger partial charge in [-0.3, -0.25) is 0 Å². The normalized spacial score (nSPS) is 43.2. The Morgan fingerprint density at radius 3 is 2.22 bits per heavy atom. The molecule has 158 valence electrons. The number of rotatable bonds is 4. The molecule has 3 fully saturated rings. The molecule has 5 atom stereocenters. The predicted molar refractivity (Wildman–Crippen MR) is 118 cm³/mol. The second-order valence-electron chi connectivity index (χ2n) is 11.3. The molecule has 5 unspecified atom stereocenters. The second-order valence-corrected chi connectivity index (χ2v) is 11.3. The minimum atomic E-state index is 0.394. The molecule has 1 saturated heterocycles. The van der Waals surface area contributed by atoms with E-state index in [0.717, 1.165) is 11.8 Å². The van der Waals surface area contributed by atoms with Gasteiger partial charge < -0.3 is 10.2 Å². The topological polar surface area (TPSA) is 26.0 Å². The number of nitrogens with zero attached hydrogens (tertiary/aromatic N) is 1. The Bertz CT molecular complexity index is 469. The quantitative estimate of drug-likeness (QED) is 0.585. The van der Waals surface area contributed by atoms with Crippen LogP contribution in [0, 0.1) is 22.7 Å². The molecule has 1 spiro atoms. The number of hydrogen-bond donors (Lipinski definition) is 1. The van der Waals surface area contributed by atoms with Crippen molar-refractivity contribution in [1.29, 1.82) is 0 Å². The van der Waals surface area contributed by atoms with E-state index in [1.54, 1.807) is 0 Å². The van der Waals surface area contributed by atoms with Crippen molar-refractivity contribution in [2.75, 3.05) is 26.7 Å². The van der Waals surface area contributed by atoms with Crippen molar-refractivity contribution >= 4 is 0 Å². The lowest BCUT2D eigenvalue weighted by Gasteiger charge is -2.56. The zero-order chi connectivity index (χ0) is 19.5. The molecule has 0 aromatic heterocycles. The van der Waals surface area contributed by atoms with Crippen molar-refractivity contribution in [1.82, 2.24) is 0 Å². The van der Waals surface area contributed by atoms with E-state index in [9.17, 15) is 0 Å². The highest BCUT2D eigenvalue weighted by molar-refractivity contribution is 5.00. The lowest BCUT2D eigenvalue weighted by atomic mass is 9.54. The number of hydrogen-bond acceptors (Lipinski definition) is 1. The minimum absolute atomic E-state index is 0.394. The third-order valence-corrected chi connectivity index (χ3v) is 9.54. The van der Waals surface area contributed by atoms with Gasteiger partial charge in [0.15, 0.2) is 0 Å². The van der Waals surface area contributed by atoms with Gasteiger partial charge in [0.1, 0.15) is 0 Å². The molecular weight excluding hydrogens is 328 g/mol. The van der Waals surface area contributed by atoms with Crippen molar-refractivity contribution in [3.8, 4) is 0 Å². The summed E-state index contributed by atoms with van der Waals surface area (Å²) >= 11 is 0. The fraction of sp³-hybridized carbons (Fsp3) is 1.00. The fourth-order valence-electron chi connectivity index (χ4n) is 7.81. The van der Waals surface area contributed by atoms with Crippen LogP contribution in [-0.2, 0) is 0 Å². The van der Waals surface area contributed by atoms with E-state index in [2.05, 4.69) is 27.8 Å². The van der Waals surface area contributed by atoms with E-state index in [1.807, 2.05) is 0 Å². The van der Waals surface area contributed by atoms with Crippen LogP contribution in [0.25, 0.3) is 0 Å². The summed E-state index contributed by atoms with van der Waals surface area (Å²) in [5.74, 6) is 1.72. The van der Waals surface area contributed by atoms with E-state index in [4.69, 9.17) is 5.73 Å². The van der Waals surface area contributed by atoms with Crippen molar-refractivity contribution in [3.05, 3.63) is 0 Å². The first kappa shape index (κ1) is 21.6. The molecule has 1 heterocycles. The SMILES string of the molecule is CCCC1(C2CCCCC3(CCCCC3)CC2C)CC[N+](C)(CC)CC1N. The Morgan fingerprint density at radius 2 is 1.63 bits per heavy atom. The molecular formula is C25H49N2+. The van der Waals surface area contributed by atoms with Gasteiger partial charge >= 0.3 is 0 Å². The summed E-state index contributed by atoms with van der Waals surface area (Å²) < 4.78 is 1.19. The fourth-order valence-corrected chi connectivity index (χ4v) is 7.81. The summed E-state index contributed by atoms with van der Waals surface area (Å²) in [5, 5.41) is 0. The number of piperidine rings is 1. The summed E-state index contributed by atoms with van der Waals surface area (Å²) in [4.78, 5) is 0. The minimum Gasteiger partial charge on any atom is -0.325 e. The maximum atomic E-state index is 7.09. The van der Waals surface area contributed by atoms with Crippen LogP contribution < -0.4 is 5.73 Å². The van der Waals surface area contributed by atoms with E-state index in [-0.39, 0.29) is 0 Å². The van der Waals surface area contributed by atoms with Crippen molar-refractivity contribution < 1.29 is 4.48 Å². The van der Waals surface area contributed by atoms with Crippen LogP contribution in [0.3, 0.4) is 0 Å². The third kappa shape index (κ3) is 4.42. The van der Waals surface area contributed by atoms with E-state index in [0.29, 0.717) is 16.9 Å². The highest BCUT2D eigenvalue weighted by Crippen LogP contribution is 2.55. The third-order valence-electron chi connectivity index (χ3n) is 9.54. The molecule has 3 rings (SSSR count). The standard InChI is InChI=1S/C25H49N2/c1-5-13-25(17-18-27(4,6-2)20-23(25)26)22-12-8-11-16-24(19-21(22)3)14-9-7-10-15-24/h21-23H,5-20,26H2,1-4H3/q+1. The summed E-state index contributed by atoms with van der Waals surface area (Å²) in [6, 6.07) is 0.394. The Balaban J connectivity index is 1.83. The van der Waals surface area contributed by atoms with E-state index < -0.39 is 0 Å². The highest BCUT2D eigenvalue weighted by Gasteiger charge is 2.52. The van der Waals surface area contributed by atoms with Gasteiger partial charge in [-0.2, -0.15) is 0 Å². The van der Waals surface area contributed by atoms with E-state index in [1.165, 1.54) is 108 Å². The molecule has 0 bridgehead atoms.